The maximum Gasteiger partial charge on any atom is 0.128 e. The number of aliphatic hydroxyl groups excluding tert-OH is 1. The Hall–Kier alpha value is -1.91. The lowest BCUT2D eigenvalue weighted by Gasteiger charge is -2.23. The van der Waals surface area contributed by atoms with Crippen LogP contribution >= 0.6 is 0 Å². The summed E-state index contributed by atoms with van der Waals surface area (Å²) < 4.78 is 16.0. The molecule has 1 unspecified atom stereocenters. The second-order valence-corrected chi connectivity index (χ2v) is 6.65. The summed E-state index contributed by atoms with van der Waals surface area (Å²) in [6, 6.07) is 10.9. The lowest BCUT2D eigenvalue weighted by atomic mass is 10.1. The molecule has 4 heteroatoms. The van der Waals surface area contributed by atoms with E-state index in [1.165, 1.54) is 11.0 Å². The third kappa shape index (κ3) is 5.05. The molecule has 2 aromatic rings. The number of nitrogens with one attached hydrogen (secondary N) is 1. The van der Waals surface area contributed by atoms with Gasteiger partial charge in [0.15, 0.2) is 0 Å². The van der Waals surface area contributed by atoms with Crippen molar-refractivity contribution in [2.75, 3.05) is 13.1 Å². The number of nitrogens with zero attached hydrogens (tertiary/aromatic N) is 1. The summed E-state index contributed by atoms with van der Waals surface area (Å²) in [5.74, 6) is 0.0534. The molecule has 1 aromatic heterocycles. The predicted octanol–water partition coefficient (Wildman–Crippen LogP) is 2.26. The number of rotatable bonds is 9. The maximum atomic E-state index is 13.9. The monoisotopic (exact) mass is 331 g/mol. The first-order chi connectivity index (χ1) is 11.5. The SMILES string of the molecule is C=CC[NH+](Cc1cccn1Cc1ccccc1F)C[C@@H](O)C(C)C. The van der Waals surface area contributed by atoms with E-state index < -0.39 is 0 Å². The minimum atomic E-state index is -0.338. The summed E-state index contributed by atoms with van der Waals surface area (Å²) >= 11 is 0. The molecule has 2 rings (SSSR count). The quantitative estimate of drug-likeness (QED) is 0.678. The van der Waals surface area contributed by atoms with Crippen LogP contribution in [-0.2, 0) is 13.1 Å². The molecule has 1 aromatic carbocycles. The van der Waals surface area contributed by atoms with Gasteiger partial charge in [0.1, 0.15) is 25.0 Å². The summed E-state index contributed by atoms with van der Waals surface area (Å²) in [5.41, 5.74) is 1.81. The van der Waals surface area contributed by atoms with Crippen molar-refractivity contribution in [2.24, 2.45) is 5.92 Å². The van der Waals surface area contributed by atoms with Gasteiger partial charge >= 0.3 is 0 Å². The summed E-state index contributed by atoms with van der Waals surface area (Å²) in [6.45, 7) is 10.6. The Balaban J connectivity index is 2.10. The topological polar surface area (TPSA) is 29.6 Å². The van der Waals surface area contributed by atoms with E-state index in [0.717, 1.165) is 18.8 Å². The van der Waals surface area contributed by atoms with E-state index in [1.54, 1.807) is 6.07 Å². The summed E-state index contributed by atoms with van der Waals surface area (Å²) in [5, 5.41) is 10.2. The summed E-state index contributed by atoms with van der Waals surface area (Å²) in [6.07, 6.45) is 3.52. The van der Waals surface area contributed by atoms with Gasteiger partial charge in [-0.3, -0.25) is 0 Å². The first-order valence-corrected chi connectivity index (χ1v) is 8.51. The second kappa shape index (κ2) is 8.81. The highest BCUT2D eigenvalue weighted by Crippen LogP contribution is 2.11. The molecule has 3 nitrogen and oxygen atoms in total. The van der Waals surface area contributed by atoms with Crippen molar-refractivity contribution in [2.45, 2.75) is 33.0 Å². The molecule has 0 radical (unpaired) electrons. The molecule has 0 amide bonds. The van der Waals surface area contributed by atoms with Crippen LogP contribution in [0.1, 0.15) is 25.1 Å². The lowest BCUT2D eigenvalue weighted by Crippen LogP contribution is -3.11. The van der Waals surface area contributed by atoms with Crippen molar-refractivity contribution in [1.82, 2.24) is 4.57 Å². The Kier molecular flexibility index (Phi) is 6.76. The Morgan fingerprint density at radius 1 is 1.25 bits per heavy atom. The van der Waals surface area contributed by atoms with Crippen molar-refractivity contribution in [3.8, 4) is 0 Å². The zero-order valence-corrected chi connectivity index (χ0v) is 14.6. The van der Waals surface area contributed by atoms with Crippen LogP contribution in [-0.4, -0.2) is 28.9 Å². The van der Waals surface area contributed by atoms with Crippen LogP contribution in [0.25, 0.3) is 0 Å². The van der Waals surface area contributed by atoms with Crippen LogP contribution in [0.15, 0.2) is 55.3 Å². The molecule has 0 spiro atoms. The fraction of sp³-hybridized carbons (Fsp3) is 0.400. The van der Waals surface area contributed by atoms with Gasteiger partial charge in [-0.1, -0.05) is 38.6 Å². The predicted molar refractivity (Wildman–Crippen MR) is 95.4 cm³/mol. The van der Waals surface area contributed by atoms with Gasteiger partial charge in [0.25, 0.3) is 0 Å². The van der Waals surface area contributed by atoms with Gasteiger partial charge in [-0.15, -0.1) is 0 Å². The molecule has 0 fully saturated rings. The number of quaternary nitrogens is 1. The largest absolute Gasteiger partial charge is 0.387 e. The molecular formula is C20H28FN2O+. The van der Waals surface area contributed by atoms with Gasteiger partial charge < -0.3 is 14.6 Å². The number of halogens is 1. The Morgan fingerprint density at radius 3 is 2.67 bits per heavy atom. The van der Waals surface area contributed by atoms with E-state index in [4.69, 9.17) is 0 Å². The van der Waals surface area contributed by atoms with Crippen LogP contribution in [0, 0.1) is 11.7 Å². The standard InChI is InChI=1S/C20H27FN2O/c1-4-11-22(15-20(24)16(2)3)14-18-9-7-12-23(18)13-17-8-5-6-10-19(17)21/h4-10,12,16,20,24H,1,11,13-15H2,2-3H3/p+1/t20-/m1/s1. The van der Waals surface area contributed by atoms with Crippen molar-refractivity contribution in [3.05, 3.63) is 72.3 Å². The van der Waals surface area contributed by atoms with Crippen LogP contribution in [0.2, 0.25) is 0 Å². The fourth-order valence-corrected chi connectivity index (χ4v) is 2.79. The zero-order chi connectivity index (χ0) is 17.5. The first-order valence-electron chi connectivity index (χ1n) is 8.51. The molecule has 130 valence electrons. The van der Waals surface area contributed by atoms with E-state index in [2.05, 4.69) is 17.2 Å². The van der Waals surface area contributed by atoms with Gasteiger partial charge in [0.05, 0.1) is 18.8 Å². The van der Waals surface area contributed by atoms with Crippen LogP contribution in [0.4, 0.5) is 4.39 Å². The highest BCUT2D eigenvalue weighted by molar-refractivity contribution is 5.19. The number of hydrogen-bond acceptors (Lipinski definition) is 1. The molecule has 0 aliphatic carbocycles. The van der Waals surface area contributed by atoms with Gasteiger partial charge in [-0.25, -0.2) is 4.39 Å². The molecule has 2 N–H and O–H groups in total. The molecule has 0 bridgehead atoms. The molecule has 0 saturated heterocycles. The second-order valence-electron chi connectivity index (χ2n) is 6.65. The lowest BCUT2D eigenvalue weighted by molar-refractivity contribution is -0.912. The third-order valence-electron chi connectivity index (χ3n) is 4.35. The third-order valence-corrected chi connectivity index (χ3v) is 4.35. The summed E-state index contributed by atoms with van der Waals surface area (Å²) in [7, 11) is 0. The van der Waals surface area contributed by atoms with Gasteiger partial charge in [-0.2, -0.15) is 0 Å². The van der Waals surface area contributed by atoms with Gasteiger partial charge in [0, 0.05) is 11.8 Å². The zero-order valence-electron chi connectivity index (χ0n) is 14.6. The average molecular weight is 331 g/mol. The van der Waals surface area contributed by atoms with Crippen LogP contribution in [0.5, 0.6) is 0 Å². The molecule has 0 saturated carbocycles. The van der Waals surface area contributed by atoms with Crippen molar-refractivity contribution < 1.29 is 14.4 Å². The van der Waals surface area contributed by atoms with Gasteiger partial charge in [-0.05, 0) is 30.2 Å². The Morgan fingerprint density at radius 2 is 2.00 bits per heavy atom. The molecule has 0 aliphatic rings. The van der Waals surface area contributed by atoms with Crippen molar-refractivity contribution in [3.63, 3.8) is 0 Å². The number of hydrogen-bond donors (Lipinski definition) is 2. The first kappa shape index (κ1) is 18.4. The minimum Gasteiger partial charge on any atom is -0.387 e. The smallest absolute Gasteiger partial charge is 0.128 e. The Bertz CT molecular complexity index is 651. The highest BCUT2D eigenvalue weighted by Gasteiger charge is 2.19. The van der Waals surface area contributed by atoms with Crippen LogP contribution in [0.3, 0.4) is 0 Å². The number of benzene rings is 1. The molecule has 2 atom stereocenters. The van der Waals surface area contributed by atoms with E-state index in [0.29, 0.717) is 18.7 Å². The van der Waals surface area contributed by atoms with E-state index in [9.17, 15) is 9.50 Å². The van der Waals surface area contributed by atoms with Crippen molar-refractivity contribution in [1.29, 1.82) is 0 Å². The van der Waals surface area contributed by atoms with Crippen LogP contribution < -0.4 is 4.90 Å². The molecule has 0 aliphatic heterocycles. The van der Waals surface area contributed by atoms with E-state index in [-0.39, 0.29) is 17.8 Å². The maximum absolute atomic E-state index is 13.9. The van der Waals surface area contributed by atoms with Gasteiger partial charge in [0.2, 0.25) is 0 Å². The number of aliphatic hydroxyl groups is 1. The molecular weight excluding hydrogens is 303 g/mol. The van der Waals surface area contributed by atoms with E-state index >= 15 is 0 Å². The number of aromatic nitrogens is 1. The molecule has 1 heterocycles. The Labute approximate surface area is 144 Å². The highest BCUT2D eigenvalue weighted by atomic mass is 19.1. The average Bonchev–Trinajstić information content (AvgIpc) is 2.96. The summed E-state index contributed by atoms with van der Waals surface area (Å²) in [4.78, 5) is 1.25. The normalized spacial score (nSPS) is 13.9. The minimum absolute atomic E-state index is 0.178. The molecule has 24 heavy (non-hydrogen) atoms. The fourth-order valence-electron chi connectivity index (χ4n) is 2.79. The van der Waals surface area contributed by atoms with Crippen molar-refractivity contribution >= 4 is 0 Å². The van der Waals surface area contributed by atoms with E-state index in [1.807, 2.05) is 44.3 Å².